The molecule has 0 aliphatic carbocycles. The number of nitriles is 1. The summed E-state index contributed by atoms with van der Waals surface area (Å²) < 4.78 is 14.4. The summed E-state index contributed by atoms with van der Waals surface area (Å²) in [5.41, 5.74) is 3.87. The second-order valence-corrected chi connectivity index (χ2v) is 6.66. The Balaban J connectivity index is 1.63. The zero-order chi connectivity index (χ0) is 17.4. The van der Waals surface area contributed by atoms with Gasteiger partial charge in [0.2, 0.25) is 0 Å². The van der Waals surface area contributed by atoms with Crippen molar-refractivity contribution in [3.63, 3.8) is 0 Å². The lowest BCUT2D eigenvalue weighted by Crippen LogP contribution is -2.24. The molecule has 4 rings (SSSR count). The molecule has 0 bridgehead atoms. The van der Waals surface area contributed by atoms with Crippen molar-refractivity contribution < 1.29 is 4.39 Å². The summed E-state index contributed by atoms with van der Waals surface area (Å²) in [6, 6.07) is 13.3. The monoisotopic (exact) mass is 334 g/mol. The van der Waals surface area contributed by atoms with Crippen LogP contribution in [0.25, 0.3) is 11.0 Å². The standard InChI is InChI=1S/C20H19FN4/c1-13-7-8-16-17(10-13)24-20(23-16)18-6-3-9-25(18)12-15-5-2-4-14(11-22)19(15)21/h2,4-5,7-8,10,18H,3,6,9,12H2,1H3,(H,23,24). The summed E-state index contributed by atoms with van der Waals surface area (Å²) in [5, 5.41) is 9.02. The highest BCUT2D eigenvalue weighted by atomic mass is 19.1. The maximum Gasteiger partial charge on any atom is 0.145 e. The second-order valence-electron chi connectivity index (χ2n) is 6.66. The summed E-state index contributed by atoms with van der Waals surface area (Å²) in [6.45, 7) is 3.45. The van der Waals surface area contributed by atoms with Crippen LogP contribution in [-0.4, -0.2) is 21.4 Å². The molecule has 126 valence electrons. The number of rotatable bonds is 3. The van der Waals surface area contributed by atoms with Gasteiger partial charge in [-0.2, -0.15) is 5.26 Å². The van der Waals surface area contributed by atoms with E-state index in [2.05, 4.69) is 28.9 Å². The summed E-state index contributed by atoms with van der Waals surface area (Å²) in [4.78, 5) is 10.4. The molecule has 3 aromatic rings. The number of hydrogen-bond donors (Lipinski definition) is 1. The summed E-state index contributed by atoms with van der Waals surface area (Å²) in [6.07, 6.45) is 2.05. The Bertz CT molecular complexity index is 969. The van der Waals surface area contributed by atoms with Crippen molar-refractivity contribution in [1.82, 2.24) is 14.9 Å². The number of aryl methyl sites for hydroxylation is 1. The van der Waals surface area contributed by atoms with Crippen molar-refractivity contribution in [2.24, 2.45) is 0 Å². The lowest BCUT2D eigenvalue weighted by atomic mass is 10.1. The highest BCUT2D eigenvalue weighted by Gasteiger charge is 2.29. The van der Waals surface area contributed by atoms with Gasteiger partial charge >= 0.3 is 0 Å². The summed E-state index contributed by atoms with van der Waals surface area (Å²) >= 11 is 0. The van der Waals surface area contributed by atoms with Gasteiger partial charge in [-0.3, -0.25) is 4.90 Å². The van der Waals surface area contributed by atoms with E-state index in [-0.39, 0.29) is 11.6 Å². The van der Waals surface area contributed by atoms with Crippen LogP contribution in [0.1, 0.15) is 41.4 Å². The number of likely N-dealkylation sites (tertiary alicyclic amines) is 1. The van der Waals surface area contributed by atoms with Crippen molar-refractivity contribution in [1.29, 1.82) is 5.26 Å². The lowest BCUT2D eigenvalue weighted by molar-refractivity contribution is 0.238. The number of fused-ring (bicyclic) bond motifs is 1. The molecule has 25 heavy (non-hydrogen) atoms. The highest BCUT2D eigenvalue weighted by Crippen LogP contribution is 2.33. The number of benzene rings is 2. The average Bonchev–Trinajstić information content (AvgIpc) is 3.22. The Hall–Kier alpha value is -2.71. The van der Waals surface area contributed by atoms with Gasteiger partial charge in [-0.25, -0.2) is 9.37 Å². The Kier molecular flexibility index (Phi) is 3.98. The van der Waals surface area contributed by atoms with E-state index in [0.717, 1.165) is 36.2 Å². The van der Waals surface area contributed by atoms with Gasteiger partial charge < -0.3 is 4.98 Å². The molecule has 0 saturated carbocycles. The molecule has 0 amide bonds. The molecule has 1 aromatic heterocycles. The smallest absolute Gasteiger partial charge is 0.145 e. The molecule has 1 unspecified atom stereocenters. The van der Waals surface area contributed by atoms with Gasteiger partial charge in [0.05, 0.1) is 22.6 Å². The Morgan fingerprint density at radius 1 is 1.36 bits per heavy atom. The van der Waals surface area contributed by atoms with E-state index in [9.17, 15) is 4.39 Å². The first-order chi connectivity index (χ1) is 12.2. The van der Waals surface area contributed by atoms with Crippen LogP contribution in [0.2, 0.25) is 0 Å². The number of aromatic nitrogens is 2. The molecular formula is C20H19FN4. The molecule has 0 radical (unpaired) electrons. The molecule has 4 nitrogen and oxygen atoms in total. The molecule has 1 aliphatic heterocycles. The van der Waals surface area contributed by atoms with E-state index >= 15 is 0 Å². The molecule has 1 fully saturated rings. The van der Waals surface area contributed by atoms with Crippen LogP contribution in [0.15, 0.2) is 36.4 Å². The van der Waals surface area contributed by atoms with Crippen molar-refractivity contribution in [3.05, 3.63) is 64.7 Å². The first kappa shape index (κ1) is 15.8. The van der Waals surface area contributed by atoms with Gasteiger partial charge in [-0.05, 0) is 50.1 Å². The van der Waals surface area contributed by atoms with Gasteiger partial charge in [0, 0.05) is 12.1 Å². The Morgan fingerprint density at radius 2 is 2.24 bits per heavy atom. The zero-order valence-corrected chi connectivity index (χ0v) is 14.1. The number of nitrogens with one attached hydrogen (secondary N) is 1. The third-order valence-corrected chi connectivity index (χ3v) is 4.91. The highest BCUT2D eigenvalue weighted by molar-refractivity contribution is 5.75. The summed E-state index contributed by atoms with van der Waals surface area (Å²) in [5.74, 6) is 0.533. The third-order valence-electron chi connectivity index (χ3n) is 4.91. The topological polar surface area (TPSA) is 55.7 Å². The fourth-order valence-electron chi connectivity index (χ4n) is 3.63. The molecule has 2 aromatic carbocycles. The molecule has 2 heterocycles. The first-order valence-electron chi connectivity index (χ1n) is 8.53. The minimum absolute atomic E-state index is 0.104. The van der Waals surface area contributed by atoms with E-state index in [1.165, 1.54) is 11.6 Å². The minimum Gasteiger partial charge on any atom is -0.341 e. The zero-order valence-electron chi connectivity index (χ0n) is 14.1. The normalized spacial score (nSPS) is 17.9. The minimum atomic E-state index is -0.407. The van der Waals surface area contributed by atoms with Gasteiger partial charge in [0.1, 0.15) is 17.7 Å². The van der Waals surface area contributed by atoms with E-state index in [4.69, 9.17) is 10.2 Å². The van der Waals surface area contributed by atoms with Crippen LogP contribution in [0.4, 0.5) is 4.39 Å². The molecule has 1 aliphatic rings. The van der Waals surface area contributed by atoms with Crippen LogP contribution in [0.3, 0.4) is 0 Å². The predicted molar refractivity (Wildman–Crippen MR) is 94.3 cm³/mol. The third kappa shape index (κ3) is 2.90. The molecule has 5 heteroatoms. The Morgan fingerprint density at radius 3 is 3.08 bits per heavy atom. The molecule has 1 atom stereocenters. The number of imidazole rings is 1. The van der Waals surface area contributed by atoms with Crippen LogP contribution >= 0.6 is 0 Å². The van der Waals surface area contributed by atoms with Crippen LogP contribution in [0, 0.1) is 24.1 Å². The maximum atomic E-state index is 14.4. The number of hydrogen-bond acceptors (Lipinski definition) is 3. The average molecular weight is 334 g/mol. The number of aromatic amines is 1. The quantitative estimate of drug-likeness (QED) is 0.780. The van der Waals surface area contributed by atoms with Crippen molar-refractivity contribution in [2.75, 3.05) is 6.54 Å². The van der Waals surface area contributed by atoms with Crippen molar-refractivity contribution in [2.45, 2.75) is 32.4 Å². The second kappa shape index (κ2) is 6.30. The summed E-state index contributed by atoms with van der Waals surface area (Å²) in [7, 11) is 0. The predicted octanol–water partition coefficient (Wildman–Crippen LogP) is 4.22. The number of halogens is 1. The van der Waals surface area contributed by atoms with E-state index in [1.807, 2.05) is 12.1 Å². The lowest BCUT2D eigenvalue weighted by Gasteiger charge is -2.23. The molecule has 0 spiro atoms. The fourth-order valence-corrected chi connectivity index (χ4v) is 3.63. The van der Waals surface area contributed by atoms with Gasteiger partial charge in [0.15, 0.2) is 0 Å². The fraction of sp³-hybridized carbons (Fsp3) is 0.300. The van der Waals surface area contributed by atoms with Gasteiger partial charge in [-0.1, -0.05) is 18.2 Å². The SMILES string of the molecule is Cc1ccc2nc(C3CCCN3Cc3cccc(C#N)c3F)[nH]c2c1. The first-order valence-corrected chi connectivity index (χ1v) is 8.53. The molecule has 1 saturated heterocycles. The van der Waals surface area contributed by atoms with Crippen LogP contribution in [-0.2, 0) is 6.54 Å². The number of H-pyrrole nitrogens is 1. The Labute approximate surface area is 145 Å². The molecular weight excluding hydrogens is 315 g/mol. The largest absolute Gasteiger partial charge is 0.341 e. The number of nitrogens with zero attached hydrogens (tertiary/aromatic N) is 3. The van der Waals surface area contributed by atoms with E-state index < -0.39 is 5.82 Å². The maximum absolute atomic E-state index is 14.4. The van der Waals surface area contributed by atoms with E-state index in [0.29, 0.717) is 12.1 Å². The van der Waals surface area contributed by atoms with Crippen molar-refractivity contribution in [3.8, 4) is 6.07 Å². The van der Waals surface area contributed by atoms with Gasteiger partial charge in [-0.15, -0.1) is 0 Å². The van der Waals surface area contributed by atoms with E-state index in [1.54, 1.807) is 12.1 Å². The van der Waals surface area contributed by atoms with Crippen LogP contribution in [0.5, 0.6) is 0 Å². The van der Waals surface area contributed by atoms with Crippen LogP contribution < -0.4 is 0 Å². The van der Waals surface area contributed by atoms with Gasteiger partial charge in [0.25, 0.3) is 0 Å². The molecule has 1 N–H and O–H groups in total. The van der Waals surface area contributed by atoms with Crippen molar-refractivity contribution >= 4 is 11.0 Å².